The first-order chi connectivity index (χ1) is 8.58. The fourth-order valence-corrected chi connectivity index (χ4v) is 1.31. The SMILES string of the molecule is CCN(CC#N)C(=O)Nc1cccc([N+](=O)[O-])c1. The van der Waals surface area contributed by atoms with E-state index in [0.717, 1.165) is 0 Å². The van der Waals surface area contributed by atoms with Crippen molar-refractivity contribution < 1.29 is 9.72 Å². The minimum Gasteiger partial charge on any atom is -0.311 e. The van der Waals surface area contributed by atoms with Crippen molar-refractivity contribution in [3.63, 3.8) is 0 Å². The van der Waals surface area contributed by atoms with Crippen molar-refractivity contribution in [2.45, 2.75) is 6.92 Å². The van der Waals surface area contributed by atoms with E-state index in [2.05, 4.69) is 5.32 Å². The largest absolute Gasteiger partial charge is 0.322 e. The second-order valence-corrected chi connectivity index (χ2v) is 3.41. The quantitative estimate of drug-likeness (QED) is 0.500. The summed E-state index contributed by atoms with van der Waals surface area (Å²) in [5.74, 6) is 0. The Labute approximate surface area is 104 Å². The van der Waals surface area contributed by atoms with E-state index in [9.17, 15) is 14.9 Å². The summed E-state index contributed by atoms with van der Waals surface area (Å²) in [4.78, 5) is 23.0. The van der Waals surface area contributed by atoms with Gasteiger partial charge in [-0.2, -0.15) is 5.26 Å². The molecule has 1 aromatic carbocycles. The third-order valence-corrected chi connectivity index (χ3v) is 2.24. The predicted molar refractivity (Wildman–Crippen MR) is 65.0 cm³/mol. The summed E-state index contributed by atoms with van der Waals surface area (Å²) in [6, 6.07) is 7.04. The number of rotatable bonds is 4. The number of nitro groups is 1. The predicted octanol–water partition coefficient (Wildman–Crippen LogP) is 1.97. The second kappa shape index (κ2) is 6.20. The number of nitro benzene ring substituents is 1. The molecule has 0 aliphatic heterocycles. The first kappa shape index (κ1) is 13.4. The number of benzene rings is 1. The number of nitrogens with one attached hydrogen (secondary N) is 1. The third-order valence-electron chi connectivity index (χ3n) is 2.24. The van der Waals surface area contributed by atoms with E-state index < -0.39 is 11.0 Å². The zero-order valence-corrected chi connectivity index (χ0v) is 9.79. The van der Waals surface area contributed by atoms with Crippen LogP contribution in [0.3, 0.4) is 0 Å². The molecule has 0 fully saturated rings. The molecular formula is C11H12N4O3. The Bertz CT molecular complexity index is 495. The molecule has 1 N–H and O–H groups in total. The van der Waals surface area contributed by atoms with Crippen molar-refractivity contribution in [1.29, 1.82) is 5.26 Å². The van der Waals surface area contributed by atoms with Crippen LogP contribution in [-0.4, -0.2) is 28.9 Å². The Morgan fingerprint density at radius 3 is 2.89 bits per heavy atom. The molecule has 18 heavy (non-hydrogen) atoms. The van der Waals surface area contributed by atoms with Gasteiger partial charge < -0.3 is 10.2 Å². The number of nitrogens with zero attached hydrogens (tertiary/aromatic N) is 3. The molecule has 0 heterocycles. The molecular weight excluding hydrogens is 236 g/mol. The highest BCUT2D eigenvalue weighted by Crippen LogP contribution is 2.17. The Balaban J connectivity index is 2.78. The lowest BCUT2D eigenvalue weighted by Gasteiger charge is -2.17. The fourth-order valence-electron chi connectivity index (χ4n) is 1.31. The van der Waals surface area contributed by atoms with Crippen molar-refractivity contribution in [1.82, 2.24) is 4.90 Å². The molecule has 0 atom stereocenters. The van der Waals surface area contributed by atoms with Crippen LogP contribution in [0, 0.1) is 21.4 Å². The smallest absolute Gasteiger partial charge is 0.311 e. The van der Waals surface area contributed by atoms with Crippen LogP contribution < -0.4 is 5.32 Å². The monoisotopic (exact) mass is 248 g/mol. The molecule has 2 amide bonds. The summed E-state index contributed by atoms with van der Waals surface area (Å²) in [5, 5.41) is 21.6. The Kier molecular flexibility index (Phi) is 4.63. The first-order valence-electron chi connectivity index (χ1n) is 5.25. The van der Waals surface area contributed by atoms with Crippen LogP contribution in [0.25, 0.3) is 0 Å². The minimum atomic E-state index is -0.539. The van der Waals surface area contributed by atoms with E-state index in [1.165, 1.54) is 23.1 Å². The van der Waals surface area contributed by atoms with Gasteiger partial charge in [-0.25, -0.2) is 4.79 Å². The van der Waals surface area contributed by atoms with Crippen molar-refractivity contribution in [2.24, 2.45) is 0 Å². The molecule has 0 aliphatic rings. The van der Waals surface area contributed by atoms with Crippen LogP contribution in [0.4, 0.5) is 16.2 Å². The molecule has 0 unspecified atom stereocenters. The summed E-state index contributed by atoms with van der Waals surface area (Å²) >= 11 is 0. The van der Waals surface area contributed by atoms with Crippen LogP contribution in [0.1, 0.15) is 6.92 Å². The molecule has 7 nitrogen and oxygen atoms in total. The molecule has 1 aromatic rings. The number of hydrogen-bond acceptors (Lipinski definition) is 4. The highest BCUT2D eigenvalue weighted by atomic mass is 16.6. The summed E-state index contributed by atoms with van der Waals surface area (Å²) < 4.78 is 0. The van der Waals surface area contributed by atoms with Crippen LogP contribution in [0.2, 0.25) is 0 Å². The molecule has 1 rings (SSSR count). The molecule has 0 aromatic heterocycles. The maximum atomic E-state index is 11.7. The lowest BCUT2D eigenvalue weighted by atomic mass is 10.3. The molecule has 0 bridgehead atoms. The van der Waals surface area contributed by atoms with Gasteiger partial charge in [-0.15, -0.1) is 0 Å². The molecule has 7 heteroatoms. The van der Waals surface area contributed by atoms with Gasteiger partial charge in [-0.1, -0.05) is 6.07 Å². The van der Waals surface area contributed by atoms with E-state index in [1.54, 1.807) is 13.0 Å². The van der Waals surface area contributed by atoms with Crippen molar-refractivity contribution in [3.05, 3.63) is 34.4 Å². The van der Waals surface area contributed by atoms with Gasteiger partial charge in [0.05, 0.1) is 11.0 Å². The number of urea groups is 1. The van der Waals surface area contributed by atoms with Crippen molar-refractivity contribution >= 4 is 17.4 Å². The van der Waals surface area contributed by atoms with E-state index in [0.29, 0.717) is 12.2 Å². The molecule has 0 saturated heterocycles. The van der Waals surface area contributed by atoms with Gasteiger partial charge in [0.1, 0.15) is 6.54 Å². The van der Waals surface area contributed by atoms with Gasteiger partial charge in [-0.3, -0.25) is 10.1 Å². The summed E-state index contributed by atoms with van der Waals surface area (Å²) in [7, 11) is 0. The normalized spacial score (nSPS) is 9.33. The summed E-state index contributed by atoms with van der Waals surface area (Å²) in [6.45, 7) is 2.09. The highest BCUT2D eigenvalue weighted by molar-refractivity contribution is 5.89. The summed E-state index contributed by atoms with van der Waals surface area (Å²) in [5.41, 5.74) is 0.224. The number of non-ortho nitro benzene ring substituents is 1. The number of anilines is 1. The van der Waals surface area contributed by atoms with Gasteiger partial charge in [0, 0.05) is 24.4 Å². The van der Waals surface area contributed by atoms with Gasteiger partial charge in [0.15, 0.2) is 0 Å². The number of carbonyl (C=O) groups is 1. The molecule has 0 radical (unpaired) electrons. The number of hydrogen-bond donors (Lipinski definition) is 1. The Hall–Kier alpha value is -2.62. The lowest BCUT2D eigenvalue weighted by Crippen LogP contribution is -2.35. The molecule has 0 saturated carbocycles. The van der Waals surface area contributed by atoms with E-state index >= 15 is 0 Å². The average Bonchev–Trinajstić information content (AvgIpc) is 2.36. The zero-order valence-electron chi connectivity index (χ0n) is 9.79. The first-order valence-corrected chi connectivity index (χ1v) is 5.25. The zero-order chi connectivity index (χ0) is 13.5. The van der Waals surface area contributed by atoms with Crippen LogP contribution in [0.15, 0.2) is 24.3 Å². The van der Waals surface area contributed by atoms with Crippen molar-refractivity contribution in [2.75, 3.05) is 18.4 Å². The van der Waals surface area contributed by atoms with Crippen LogP contribution in [0.5, 0.6) is 0 Å². The number of nitriles is 1. The van der Waals surface area contributed by atoms with E-state index in [4.69, 9.17) is 5.26 Å². The minimum absolute atomic E-state index is 0.0305. The van der Waals surface area contributed by atoms with Crippen molar-refractivity contribution in [3.8, 4) is 6.07 Å². The maximum Gasteiger partial charge on any atom is 0.322 e. The lowest BCUT2D eigenvalue weighted by molar-refractivity contribution is -0.384. The van der Waals surface area contributed by atoms with Crippen LogP contribution in [-0.2, 0) is 0 Å². The van der Waals surface area contributed by atoms with Crippen LogP contribution >= 0.6 is 0 Å². The van der Waals surface area contributed by atoms with E-state index in [-0.39, 0.29) is 12.2 Å². The maximum absolute atomic E-state index is 11.7. The third kappa shape index (κ3) is 3.45. The van der Waals surface area contributed by atoms with Gasteiger partial charge in [0.25, 0.3) is 5.69 Å². The van der Waals surface area contributed by atoms with Gasteiger partial charge in [0.2, 0.25) is 0 Å². The van der Waals surface area contributed by atoms with E-state index in [1.807, 2.05) is 6.07 Å². The summed E-state index contributed by atoms with van der Waals surface area (Å²) in [6.07, 6.45) is 0. The second-order valence-electron chi connectivity index (χ2n) is 3.41. The number of carbonyl (C=O) groups excluding carboxylic acids is 1. The van der Waals surface area contributed by atoms with Gasteiger partial charge >= 0.3 is 6.03 Å². The Morgan fingerprint density at radius 2 is 2.33 bits per heavy atom. The highest BCUT2D eigenvalue weighted by Gasteiger charge is 2.12. The topological polar surface area (TPSA) is 99.3 Å². The average molecular weight is 248 g/mol. The molecule has 94 valence electrons. The molecule has 0 aliphatic carbocycles. The number of amides is 2. The van der Waals surface area contributed by atoms with Gasteiger partial charge in [-0.05, 0) is 13.0 Å². The molecule has 0 spiro atoms. The Morgan fingerprint density at radius 1 is 1.61 bits per heavy atom. The fraction of sp³-hybridized carbons (Fsp3) is 0.273. The standard InChI is InChI=1S/C11H12N4O3/c1-2-14(7-6-12)11(16)13-9-4-3-5-10(8-9)15(17)18/h3-5,8H,2,7H2,1H3,(H,13,16).